The Labute approximate surface area is 106 Å². The van der Waals surface area contributed by atoms with Gasteiger partial charge in [0.2, 0.25) is 5.88 Å². The summed E-state index contributed by atoms with van der Waals surface area (Å²) in [6.45, 7) is 1.90. The van der Waals surface area contributed by atoms with Crippen molar-refractivity contribution in [3.63, 3.8) is 0 Å². The summed E-state index contributed by atoms with van der Waals surface area (Å²) in [5, 5.41) is 0. The van der Waals surface area contributed by atoms with Crippen LogP contribution >= 0.6 is 0 Å². The number of benzene rings is 1. The Balaban J connectivity index is 2.22. The van der Waals surface area contributed by atoms with Crippen molar-refractivity contribution in [1.82, 2.24) is 4.98 Å². The summed E-state index contributed by atoms with van der Waals surface area (Å²) in [5.74, 6) is 2.03. The average molecular weight is 244 g/mol. The lowest BCUT2D eigenvalue weighted by atomic mass is 10.1. The van der Waals surface area contributed by atoms with Crippen molar-refractivity contribution < 1.29 is 9.47 Å². The fourth-order valence-corrected chi connectivity index (χ4v) is 1.59. The standard InChI is InChI=1S/C14H16N2O2/c1-10(15)13-4-3-9-16-14(13)18-12-7-5-11(17-2)6-8-12/h3-10H,15H2,1-2H3/t10-/m0/s1. The van der Waals surface area contributed by atoms with E-state index in [9.17, 15) is 0 Å². The number of aromatic nitrogens is 1. The number of rotatable bonds is 4. The molecule has 4 heteroatoms. The number of nitrogens with zero attached hydrogens (tertiary/aromatic N) is 1. The maximum absolute atomic E-state index is 5.87. The molecular formula is C14H16N2O2. The molecule has 0 aliphatic carbocycles. The van der Waals surface area contributed by atoms with E-state index in [1.807, 2.05) is 43.3 Å². The Bertz CT molecular complexity index is 509. The highest BCUT2D eigenvalue weighted by Crippen LogP contribution is 2.27. The van der Waals surface area contributed by atoms with E-state index in [0.717, 1.165) is 11.3 Å². The molecule has 1 aromatic carbocycles. The van der Waals surface area contributed by atoms with Crippen molar-refractivity contribution in [3.05, 3.63) is 48.2 Å². The normalized spacial score (nSPS) is 11.9. The molecule has 2 N–H and O–H groups in total. The molecule has 4 nitrogen and oxygen atoms in total. The molecule has 0 radical (unpaired) electrons. The summed E-state index contributed by atoms with van der Waals surface area (Å²) in [6.07, 6.45) is 1.69. The monoisotopic (exact) mass is 244 g/mol. The zero-order chi connectivity index (χ0) is 13.0. The second-order valence-corrected chi connectivity index (χ2v) is 3.96. The smallest absolute Gasteiger partial charge is 0.223 e. The minimum absolute atomic E-state index is 0.119. The van der Waals surface area contributed by atoms with Crippen LogP contribution in [-0.2, 0) is 0 Å². The summed E-state index contributed by atoms with van der Waals surface area (Å²) in [4.78, 5) is 4.20. The lowest BCUT2D eigenvalue weighted by molar-refractivity contribution is 0.411. The number of hydrogen-bond acceptors (Lipinski definition) is 4. The predicted molar refractivity (Wildman–Crippen MR) is 69.9 cm³/mol. The van der Waals surface area contributed by atoms with E-state index in [2.05, 4.69) is 4.98 Å². The van der Waals surface area contributed by atoms with Gasteiger partial charge in [-0.15, -0.1) is 0 Å². The first-order valence-corrected chi connectivity index (χ1v) is 5.73. The molecule has 0 saturated heterocycles. The third-order valence-corrected chi connectivity index (χ3v) is 2.57. The van der Waals surface area contributed by atoms with Crippen molar-refractivity contribution in [2.45, 2.75) is 13.0 Å². The van der Waals surface area contributed by atoms with Gasteiger partial charge in [-0.3, -0.25) is 0 Å². The van der Waals surface area contributed by atoms with Crippen LogP contribution < -0.4 is 15.2 Å². The van der Waals surface area contributed by atoms with Crippen molar-refractivity contribution >= 4 is 0 Å². The van der Waals surface area contributed by atoms with Gasteiger partial charge in [0.1, 0.15) is 11.5 Å². The third kappa shape index (κ3) is 2.78. The maximum Gasteiger partial charge on any atom is 0.223 e. The minimum Gasteiger partial charge on any atom is -0.497 e. The maximum atomic E-state index is 5.87. The predicted octanol–water partition coefficient (Wildman–Crippen LogP) is 2.90. The molecule has 0 fully saturated rings. The van der Waals surface area contributed by atoms with Crippen LogP contribution in [-0.4, -0.2) is 12.1 Å². The molecule has 0 spiro atoms. The van der Waals surface area contributed by atoms with Crippen molar-refractivity contribution in [2.75, 3.05) is 7.11 Å². The van der Waals surface area contributed by atoms with Crippen molar-refractivity contribution in [1.29, 1.82) is 0 Å². The molecule has 0 bridgehead atoms. The van der Waals surface area contributed by atoms with Crippen LogP contribution in [0.5, 0.6) is 17.4 Å². The molecule has 0 aliphatic heterocycles. The highest BCUT2D eigenvalue weighted by atomic mass is 16.5. The van der Waals surface area contributed by atoms with Crippen LogP contribution in [0.15, 0.2) is 42.6 Å². The summed E-state index contributed by atoms with van der Waals surface area (Å²) in [6, 6.07) is 11.0. The fourth-order valence-electron chi connectivity index (χ4n) is 1.59. The molecule has 0 amide bonds. The molecule has 1 aromatic heterocycles. The van der Waals surface area contributed by atoms with E-state index in [4.69, 9.17) is 15.2 Å². The van der Waals surface area contributed by atoms with Gasteiger partial charge in [-0.25, -0.2) is 4.98 Å². The highest BCUT2D eigenvalue weighted by molar-refractivity contribution is 5.36. The Morgan fingerprint density at radius 3 is 2.39 bits per heavy atom. The first kappa shape index (κ1) is 12.4. The number of ether oxygens (including phenoxy) is 2. The van der Waals surface area contributed by atoms with Crippen LogP contribution in [0.1, 0.15) is 18.5 Å². The van der Waals surface area contributed by atoms with E-state index >= 15 is 0 Å². The number of methoxy groups -OCH3 is 1. The average Bonchev–Trinajstić information content (AvgIpc) is 2.40. The van der Waals surface area contributed by atoms with Gasteiger partial charge in [0.25, 0.3) is 0 Å². The molecule has 0 unspecified atom stereocenters. The Morgan fingerprint density at radius 2 is 1.78 bits per heavy atom. The second-order valence-electron chi connectivity index (χ2n) is 3.96. The van der Waals surface area contributed by atoms with E-state index in [1.165, 1.54) is 0 Å². The summed E-state index contributed by atoms with van der Waals surface area (Å²) < 4.78 is 10.8. The molecule has 2 aromatic rings. The highest BCUT2D eigenvalue weighted by Gasteiger charge is 2.09. The molecule has 0 aliphatic rings. The molecule has 1 heterocycles. The minimum atomic E-state index is -0.119. The largest absolute Gasteiger partial charge is 0.497 e. The van der Waals surface area contributed by atoms with Crippen LogP contribution in [0.2, 0.25) is 0 Å². The van der Waals surface area contributed by atoms with E-state index in [-0.39, 0.29) is 6.04 Å². The van der Waals surface area contributed by atoms with Crippen LogP contribution in [0, 0.1) is 0 Å². The topological polar surface area (TPSA) is 57.4 Å². The van der Waals surface area contributed by atoms with Crippen LogP contribution in [0.25, 0.3) is 0 Å². The van der Waals surface area contributed by atoms with Gasteiger partial charge in [0.05, 0.1) is 7.11 Å². The van der Waals surface area contributed by atoms with Crippen LogP contribution in [0.3, 0.4) is 0 Å². The van der Waals surface area contributed by atoms with Gasteiger partial charge in [0, 0.05) is 17.8 Å². The number of hydrogen-bond donors (Lipinski definition) is 1. The molecular weight excluding hydrogens is 228 g/mol. The Hall–Kier alpha value is -2.07. The van der Waals surface area contributed by atoms with E-state index in [0.29, 0.717) is 11.6 Å². The SMILES string of the molecule is COc1ccc(Oc2ncccc2[C@H](C)N)cc1. The first-order valence-electron chi connectivity index (χ1n) is 5.73. The van der Waals surface area contributed by atoms with Gasteiger partial charge in [-0.1, -0.05) is 6.07 Å². The van der Waals surface area contributed by atoms with E-state index < -0.39 is 0 Å². The van der Waals surface area contributed by atoms with Crippen molar-refractivity contribution in [2.24, 2.45) is 5.73 Å². The summed E-state index contributed by atoms with van der Waals surface area (Å²) in [5.41, 5.74) is 6.76. The fraction of sp³-hybridized carbons (Fsp3) is 0.214. The molecule has 0 saturated carbocycles. The first-order chi connectivity index (χ1) is 8.70. The van der Waals surface area contributed by atoms with Gasteiger partial charge < -0.3 is 15.2 Å². The van der Waals surface area contributed by atoms with Gasteiger partial charge in [0.15, 0.2) is 0 Å². The third-order valence-electron chi connectivity index (χ3n) is 2.57. The molecule has 94 valence electrons. The second kappa shape index (κ2) is 5.51. The zero-order valence-electron chi connectivity index (χ0n) is 10.5. The molecule has 2 rings (SSSR count). The lowest BCUT2D eigenvalue weighted by Gasteiger charge is -2.12. The Kier molecular flexibility index (Phi) is 3.79. The number of pyridine rings is 1. The van der Waals surface area contributed by atoms with Crippen LogP contribution in [0.4, 0.5) is 0 Å². The number of nitrogens with two attached hydrogens (primary N) is 1. The Morgan fingerprint density at radius 1 is 1.11 bits per heavy atom. The lowest BCUT2D eigenvalue weighted by Crippen LogP contribution is -2.07. The van der Waals surface area contributed by atoms with Gasteiger partial charge in [-0.05, 0) is 37.3 Å². The summed E-state index contributed by atoms with van der Waals surface area (Å²) >= 11 is 0. The van der Waals surface area contributed by atoms with E-state index in [1.54, 1.807) is 13.3 Å². The van der Waals surface area contributed by atoms with Gasteiger partial charge in [-0.2, -0.15) is 0 Å². The zero-order valence-corrected chi connectivity index (χ0v) is 10.5. The molecule has 1 atom stereocenters. The van der Waals surface area contributed by atoms with Crippen molar-refractivity contribution in [3.8, 4) is 17.4 Å². The molecule has 18 heavy (non-hydrogen) atoms. The van der Waals surface area contributed by atoms with Gasteiger partial charge >= 0.3 is 0 Å². The quantitative estimate of drug-likeness (QED) is 0.898. The summed E-state index contributed by atoms with van der Waals surface area (Å²) in [7, 11) is 1.63.